The highest BCUT2D eigenvalue weighted by atomic mass is 32.2. The molecule has 2 aromatic rings. The van der Waals surface area contributed by atoms with Crippen molar-refractivity contribution in [2.45, 2.75) is 80.1 Å². The number of carbonyl (C=O) groups is 1. The van der Waals surface area contributed by atoms with Gasteiger partial charge >= 0.3 is 0 Å². The van der Waals surface area contributed by atoms with Crippen molar-refractivity contribution in [1.82, 2.24) is 4.90 Å². The zero-order valence-electron chi connectivity index (χ0n) is 18.7. The Morgan fingerprint density at radius 3 is 2.26 bits per heavy atom. The van der Waals surface area contributed by atoms with Gasteiger partial charge < -0.3 is 10.0 Å². The summed E-state index contributed by atoms with van der Waals surface area (Å²) in [7, 11) is 1.85. The number of rotatable bonds is 9. The van der Waals surface area contributed by atoms with Crippen LogP contribution in [0.5, 0.6) is 0 Å². The van der Waals surface area contributed by atoms with E-state index in [2.05, 4.69) is 24.3 Å². The van der Waals surface area contributed by atoms with Crippen molar-refractivity contribution in [2.75, 3.05) is 7.05 Å². The Morgan fingerprint density at radius 2 is 1.65 bits per heavy atom. The minimum Gasteiger partial charge on any atom is -0.386 e. The fraction of sp³-hybridized carbons (Fsp3) is 0.519. The van der Waals surface area contributed by atoms with E-state index in [1.54, 1.807) is 4.90 Å². The van der Waals surface area contributed by atoms with E-state index < -0.39 is 6.10 Å². The largest absolute Gasteiger partial charge is 0.386 e. The lowest BCUT2D eigenvalue weighted by Gasteiger charge is -2.33. The first kappa shape index (κ1) is 22.4. The summed E-state index contributed by atoms with van der Waals surface area (Å²) in [6, 6.07) is 18.1. The molecule has 2 aromatic carbocycles. The molecule has 0 heterocycles. The van der Waals surface area contributed by atoms with E-state index in [9.17, 15) is 9.90 Å². The SMILES string of the molecule is C[C@H]([C@H](O)c1ccccc1)N(C)C(=O)C(CC1CCCC1)c1ccc(SC2CC2)cc1. The number of hydrogen-bond acceptors (Lipinski definition) is 3. The number of likely N-dealkylation sites (N-methyl/N-ethyl adjacent to an activating group) is 1. The molecular weight excluding hydrogens is 402 g/mol. The highest BCUT2D eigenvalue weighted by molar-refractivity contribution is 8.00. The third-order valence-electron chi connectivity index (χ3n) is 7.01. The molecule has 2 saturated carbocycles. The number of benzene rings is 2. The topological polar surface area (TPSA) is 40.5 Å². The summed E-state index contributed by atoms with van der Waals surface area (Å²) >= 11 is 1.96. The van der Waals surface area contributed by atoms with Crippen LogP contribution in [-0.4, -0.2) is 34.3 Å². The van der Waals surface area contributed by atoms with E-state index in [1.165, 1.54) is 43.4 Å². The molecular formula is C27H35NO2S. The molecule has 2 fully saturated rings. The van der Waals surface area contributed by atoms with Crippen LogP contribution in [0.15, 0.2) is 59.5 Å². The van der Waals surface area contributed by atoms with Crippen molar-refractivity contribution in [1.29, 1.82) is 0 Å². The van der Waals surface area contributed by atoms with Crippen LogP contribution in [0.1, 0.15) is 75.0 Å². The lowest BCUT2D eigenvalue weighted by Crippen LogP contribution is -2.42. The Kier molecular flexibility index (Phi) is 7.39. The average molecular weight is 438 g/mol. The molecule has 3 atom stereocenters. The summed E-state index contributed by atoms with van der Waals surface area (Å²) in [5.74, 6) is 0.604. The molecule has 2 aliphatic carbocycles. The molecule has 2 aliphatic rings. The summed E-state index contributed by atoms with van der Waals surface area (Å²) in [6.07, 6.45) is 7.87. The van der Waals surface area contributed by atoms with Crippen molar-refractivity contribution in [3.63, 3.8) is 0 Å². The monoisotopic (exact) mass is 437 g/mol. The molecule has 0 radical (unpaired) electrons. The first-order chi connectivity index (χ1) is 15.0. The summed E-state index contributed by atoms with van der Waals surface area (Å²) in [5.41, 5.74) is 1.97. The predicted molar refractivity (Wildman–Crippen MR) is 128 cm³/mol. The van der Waals surface area contributed by atoms with Gasteiger partial charge in [-0.1, -0.05) is 68.1 Å². The summed E-state index contributed by atoms with van der Waals surface area (Å²) < 4.78 is 0. The number of aliphatic hydroxyl groups is 1. The second-order valence-electron chi connectivity index (χ2n) is 9.37. The van der Waals surface area contributed by atoms with Gasteiger partial charge in [-0.2, -0.15) is 0 Å². The number of nitrogens with zero attached hydrogens (tertiary/aromatic N) is 1. The second kappa shape index (κ2) is 10.2. The highest BCUT2D eigenvalue weighted by Crippen LogP contribution is 2.40. The van der Waals surface area contributed by atoms with E-state index >= 15 is 0 Å². The van der Waals surface area contributed by atoms with Gasteiger partial charge in [0, 0.05) is 17.2 Å². The maximum Gasteiger partial charge on any atom is 0.230 e. The van der Waals surface area contributed by atoms with Crippen LogP contribution in [0.2, 0.25) is 0 Å². The first-order valence-corrected chi connectivity index (χ1v) is 12.7. The molecule has 0 saturated heterocycles. The van der Waals surface area contributed by atoms with E-state index in [1.807, 2.05) is 56.1 Å². The zero-order valence-corrected chi connectivity index (χ0v) is 19.6. The van der Waals surface area contributed by atoms with Crippen LogP contribution >= 0.6 is 11.8 Å². The van der Waals surface area contributed by atoms with Crippen molar-refractivity contribution < 1.29 is 9.90 Å². The number of hydrogen-bond donors (Lipinski definition) is 1. The van der Waals surface area contributed by atoms with Crippen LogP contribution in [0.25, 0.3) is 0 Å². The average Bonchev–Trinajstić information content (AvgIpc) is 3.47. The Labute approximate surface area is 191 Å². The van der Waals surface area contributed by atoms with E-state index in [-0.39, 0.29) is 17.9 Å². The van der Waals surface area contributed by atoms with Gasteiger partial charge in [0.05, 0.1) is 18.1 Å². The summed E-state index contributed by atoms with van der Waals surface area (Å²) in [5, 5.41) is 11.7. The third-order valence-corrected chi connectivity index (χ3v) is 8.36. The Bertz CT molecular complexity index is 843. The molecule has 1 amide bonds. The van der Waals surface area contributed by atoms with Gasteiger partial charge in [0.1, 0.15) is 0 Å². The molecule has 166 valence electrons. The van der Waals surface area contributed by atoms with Gasteiger partial charge in [0.25, 0.3) is 0 Å². The maximum absolute atomic E-state index is 13.7. The van der Waals surface area contributed by atoms with Gasteiger partial charge in [-0.3, -0.25) is 4.79 Å². The minimum atomic E-state index is -0.695. The fourth-order valence-electron chi connectivity index (χ4n) is 4.70. The predicted octanol–water partition coefficient (Wildman–Crippen LogP) is 6.19. The van der Waals surface area contributed by atoms with Crippen LogP contribution in [-0.2, 0) is 4.79 Å². The Morgan fingerprint density at radius 1 is 1.00 bits per heavy atom. The smallest absolute Gasteiger partial charge is 0.230 e. The summed E-state index contributed by atoms with van der Waals surface area (Å²) in [4.78, 5) is 16.8. The lowest BCUT2D eigenvalue weighted by atomic mass is 9.86. The number of amides is 1. The third kappa shape index (κ3) is 5.72. The van der Waals surface area contributed by atoms with Crippen LogP contribution in [0, 0.1) is 5.92 Å². The number of thioether (sulfide) groups is 1. The Hall–Kier alpha value is -1.78. The Balaban J connectivity index is 1.51. The number of aliphatic hydroxyl groups excluding tert-OH is 1. The van der Waals surface area contributed by atoms with Gasteiger partial charge in [-0.15, -0.1) is 11.8 Å². The quantitative estimate of drug-likeness (QED) is 0.509. The molecule has 0 aromatic heterocycles. The molecule has 3 nitrogen and oxygen atoms in total. The van der Waals surface area contributed by atoms with Crippen molar-refractivity contribution in [3.05, 3.63) is 65.7 Å². The van der Waals surface area contributed by atoms with Crippen molar-refractivity contribution in [2.24, 2.45) is 5.92 Å². The molecule has 1 unspecified atom stereocenters. The first-order valence-electron chi connectivity index (χ1n) is 11.8. The van der Waals surface area contributed by atoms with Gasteiger partial charge in [0.15, 0.2) is 0 Å². The van der Waals surface area contributed by atoms with Gasteiger partial charge in [-0.05, 0) is 55.4 Å². The van der Waals surface area contributed by atoms with Crippen LogP contribution in [0.3, 0.4) is 0 Å². The second-order valence-corrected chi connectivity index (χ2v) is 10.7. The van der Waals surface area contributed by atoms with Crippen LogP contribution < -0.4 is 0 Å². The van der Waals surface area contributed by atoms with Gasteiger partial charge in [-0.25, -0.2) is 0 Å². The fourth-order valence-corrected chi connectivity index (χ4v) is 5.75. The lowest BCUT2D eigenvalue weighted by molar-refractivity contribution is -0.136. The minimum absolute atomic E-state index is 0.122. The van der Waals surface area contributed by atoms with Crippen molar-refractivity contribution >= 4 is 17.7 Å². The molecule has 4 rings (SSSR count). The maximum atomic E-state index is 13.7. The van der Waals surface area contributed by atoms with Crippen LogP contribution in [0.4, 0.5) is 0 Å². The number of carbonyl (C=O) groups excluding carboxylic acids is 1. The molecule has 0 bridgehead atoms. The summed E-state index contributed by atoms with van der Waals surface area (Å²) in [6.45, 7) is 1.94. The molecule has 1 N–H and O–H groups in total. The standard InChI is InChI=1S/C27H35NO2S/c1-19(26(29)22-10-4-3-5-11-22)28(2)27(30)25(18-20-8-6-7-9-20)21-12-14-23(15-13-21)31-24-16-17-24/h3-5,10-15,19-20,24-26,29H,6-9,16-18H2,1-2H3/t19-,25?,26+/m1/s1. The van der Waals surface area contributed by atoms with Crippen molar-refractivity contribution in [3.8, 4) is 0 Å². The molecule has 0 spiro atoms. The molecule has 31 heavy (non-hydrogen) atoms. The van der Waals surface area contributed by atoms with E-state index in [0.29, 0.717) is 5.92 Å². The highest BCUT2D eigenvalue weighted by Gasteiger charge is 2.32. The van der Waals surface area contributed by atoms with E-state index in [0.717, 1.165) is 22.8 Å². The zero-order chi connectivity index (χ0) is 21.8. The molecule has 0 aliphatic heterocycles. The van der Waals surface area contributed by atoms with E-state index in [4.69, 9.17) is 0 Å². The normalized spacial score (nSPS) is 19.7. The molecule has 4 heteroatoms. The van der Waals surface area contributed by atoms with Gasteiger partial charge in [0.2, 0.25) is 5.91 Å².